The third-order valence-electron chi connectivity index (χ3n) is 6.74. The highest BCUT2D eigenvalue weighted by Crippen LogP contribution is 2.32. The van der Waals surface area contributed by atoms with E-state index < -0.39 is 0 Å². The third-order valence-corrected chi connectivity index (χ3v) is 6.74. The van der Waals surface area contributed by atoms with Gasteiger partial charge in [0.15, 0.2) is 0 Å². The minimum absolute atomic E-state index is 0.0985. The van der Waals surface area contributed by atoms with Gasteiger partial charge in [-0.3, -0.25) is 4.79 Å². The van der Waals surface area contributed by atoms with Crippen LogP contribution >= 0.6 is 0 Å². The van der Waals surface area contributed by atoms with Crippen LogP contribution in [0.5, 0.6) is 0 Å². The van der Waals surface area contributed by atoms with E-state index in [0.29, 0.717) is 30.4 Å². The van der Waals surface area contributed by atoms with E-state index >= 15 is 0 Å². The molecule has 5 heteroatoms. The second-order valence-electron chi connectivity index (χ2n) is 9.41. The smallest absolute Gasteiger partial charge is 0.245 e. The molecule has 164 valence electrons. The molecule has 2 aliphatic heterocycles. The molecule has 0 unspecified atom stereocenters. The zero-order chi connectivity index (χ0) is 20.6. The first-order valence-electron chi connectivity index (χ1n) is 11.7. The van der Waals surface area contributed by atoms with Crippen LogP contribution in [0.3, 0.4) is 0 Å². The van der Waals surface area contributed by atoms with Crippen molar-refractivity contribution in [2.75, 3.05) is 39.9 Å². The van der Waals surface area contributed by atoms with Gasteiger partial charge in [0.25, 0.3) is 0 Å². The molecule has 3 heterocycles. The molecule has 3 rings (SSSR count). The molecule has 2 aliphatic rings. The van der Waals surface area contributed by atoms with Crippen LogP contribution in [0.2, 0.25) is 0 Å². The lowest BCUT2D eigenvalue weighted by Crippen LogP contribution is -2.52. The number of methoxy groups -OCH3 is 1. The lowest BCUT2D eigenvalue weighted by Gasteiger charge is -2.46. The van der Waals surface area contributed by atoms with Gasteiger partial charge in [-0.1, -0.05) is 20.3 Å². The molecule has 0 bridgehead atoms. The van der Waals surface area contributed by atoms with Gasteiger partial charge in [-0.2, -0.15) is 0 Å². The Morgan fingerprint density at radius 3 is 2.62 bits per heavy atom. The average Bonchev–Trinajstić information content (AvgIpc) is 3.25. The molecule has 1 aromatic rings. The zero-order valence-corrected chi connectivity index (χ0v) is 18.8. The lowest BCUT2D eigenvalue weighted by molar-refractivity contribution is -0.137. The molecule has 2 saturated heterocycles. The van der Waals surface area contributed by atoms with E-state index in [9.17, 15) is 4.79 Å². The Hall–Kier alpha value is -1.33. The second kappa shape index (κ2) is 11.2. The van der Waals surface area contributed by atoms with Crippen LogP contribution in [0, 0.1) is 11.8 Å². The predicted molar refractivity (Wildman–Crippen MR) is 118 cm³/mol. The molecule has 0 aromatic carbocycles. The first-order valence-corrected chi connectivity index (χ1v) is 11.7. The van der Waals surface area contributed by atoms with E-state index in [1.165, 1.54) is 45.2 Å². The molecule has 29 heavy (non-hydrogen) atoms. The summed E-state index contributed by atoms with van der Waals surface area (Å²) in [5, 5.41) is 0. The fourth-order valence-electron chi connectivity index (χ4n) is 5.33. The van der Waals surface area contributed by atoms with E-state index in [-0.39, 0.29) is 6.04 Å². The van der Waals surface area contributed by atoms with Crippen LogP contribution in [0.4, 0.5) is 0 Å². The van der Waals surface area contributed by atoms with E-state index in [2.05, 4.69) is 28.2 Å². The number of rotatable bonds is 10. The SMILES string of the molecule is COCCCN(C[C@@H]1CCCN2CCCC[C@H]12)C(=O)[C@@H](CC(C)C)n1cccc1. The molecule has 2 fully saturated rings. The number of hydrogen-bond acceptors (Lipinski definition) is 3. The number of piperidine rings is 2. The Morgan fingerprint density at radius 1 is 1.14 bits per heavy atom. The Bertz CT molecular complexity index is 599. The van der Waals surface area contributed by atoms with Crippen LogP contribution < -0.4 is 0 Å². The number of ether oxygens (including phenoxy) is 1. The van der Waals surface area contributed by atoms with E-state index in [1.54, 1.807) is 7.11 Å². The molecular weight excluding hydrogens is 362 g/mol. The molecule has 0 saturated carbocycles. The van der Waals surface area contributed by atoms with Crippen molar-refractivity contribution >= 4 is 5.91 Å². The summed E-state index contributed by atoms with van der Waals surface area (Å²) in [6.07, 6.45) is 12.4. The van der Waals surface area contributed by atoms with Gasteiger partial charge in [0.05, 0.1) is 0 Å². The van der Waals surface area contributed by atoms with Crippen molar-refractivity contribution in [1.29, 1.82) is 0 Å². The quantitative estimate of drug-likeness (QED) is 0.549. The molecule has 0 N–H and O–H groups in total. The van der Waals surface area contributed by atoms with Gasteiger partial charge in [-0.05, 0) is 75.6 Å². The van der Waals surface area contributed by atoms with Crippen molar-refractivity contribution in [2.24, 2.45) is 11.8 Å². The van der Waals surface area contributed by atoms with E-state index in [4.69, 9.17) is 4.74 Å². The number of hydrogen-bond donors (Lipinski definition) is 0. The molecule has 5 nitrogen and oxygen atoms in total. The van der Waals surface area contributed by atoms with Crippen LogP contribution in [-0.2, 0) is 9.53 Å². The molecule has 3 atom stereocenters. The minimum Gasteiger partial charge on any atom is -0.385 e. The summed E-state index contributed by atoms with van der Waals surface area (Å²) < 4.78 is 7.40. The Morgan fingerprint density at radius 2 is 1.90 bits per heavy atom. The van der Waals surface area contributed by atoms with E-state index in [0.717, 1.165) is 25.9 Å². The Labute approximate surface area is 177 Å². The summed E-state index contributed by atoms with van der Waals surface area (Å²) in [7, 11) is 1.74. The normalized spacial score (nSPS) is 23.7. The third kappa shape index (κ3) is 6.08. The number of amides is 1. The fourth-order valence-corrected chi connectivity index (χ4v) is 5.33. The number of nitrogens with zero attached hydrogens (tertiary/aromatic N) is 3. The van der Waals surface area contributed by atoms with Gasteiger partial charge >= 0.3 is 0 Å². The molecule has 1 amide bonds. The summed E-state index contributed by atoms with van der Waals surface area (Å²) in [5.41, 5.74) is 0. The van der Waals surface area contributed by atoms with Gasteiger partial charge in [0.2, 0.25) is 5.91 Å². The summed E-state index contributed by atoms with van der Waals surface area (Å²) in [5.74, 6) is 1.38. The average molecular weight is 404 g/mol. The highest BCUT2D eigenvalue weighted by Gasteiger charge is 2.36. The summed E-state index contributed by atoms with van der Waals surface area (Å²) in [6, 6.07) is 4.62. The van der Waals surface area contributed by atoms with Crippen molar-refractivity contribution in [1.82, 2.24) is 14.4 Å². The summed E-state index contributed by atoms with van der Waals surface area (Å²) in [4.78, 5) is 18.6. The predicted octanol–water partition coefficient (Wildman–Crippen LogP) is 4.20. The Balaban J connectivity index is 1.74. The van der Waals surface area contributed by atoms with Gasteiger partial charge in [0, 0.05) is 45.2 Å². The van der Waals surface area contributed by atoms with Crippen LogP contribution in [0.25, 0.3) is 0 Å². The van der Waals surface area contributed by atoms with E-state index in [1.807, 2.05) is 24.5 Å². The van der Waals surface area contributed by atoms with Crippen molar-refractivity contribution in [3.05, 3.63) is 24.5 Å². The molecule has 1 aromatic heterocycles. The molecule has 0 radical (unpaired) electrons. The summed E-state index contributed by atoms with van der Waals surface area (Å²) in [6.45, 7) is 9.32. The van der Waals surface area contributed by atoms with Crippen LogP contribution in [0.1, 0.15) is 64.8 Å². The maximum atomic E-state index is 13.8. The second-order valence-corrected chi connectivity index (χ2v) is 9.41. The highest BCUT2D eigenvalue weighted by atomic mass is 16.5. The van der Waals surface area contributed by atoms with Gasteiger partial charge in [-0.25, -0.2) is 0 Å². The number of carbonyl (C=O) groups is 1. The topological polar surface area (TPSA) is 37.7 Å². The van der Waals surface area contributed by atoms with Gasteiger partial charge < -0.3 is 19.1 Å². The largest absolute Gasteiger partial charge is 0.385 e. The lowest BCUT2D eigenvalue weighted by atomic mass is 9.83. The van der Waals surface area contributed by atoms with Crippen molar-refractivity contribution in [3.8, 4) is 0 Å². The number of carbonyl (C=O) groups excluding carboxylic acids is 1. The van der Waals surface area contributed by atoms with Gasteiger partial charge in [0.1, 0.15) is 6.04 Å². The monoisotopic (exact) mass is 403 g/mol. The van der Waals surface area contributed by atoms with Crippen molar-refractivity contribution in [3.63, 3.8) is 0 Å². The number of fused-ring (bicyclic) bond motifs is 1. The van der Waals surface area contributed by atoms with Crippen LogP contribution in [0.15, 0.2) is 24.5 Å². The zero-order valence-electron chi connectivity index (χ0n) is 18.8. The molecule has 0 aliphatic carbocycles. The Kier molecular flexibility index (Phi) is 8.61. The first-order chi connectivity index (χ1) is 14.1. The maximum Gasteiger partial charge on any atom is 0.245 e. The standard InChI is InChI=1S/C24H41N3O2/c1-20(2)18-23(26-13-6-7-14-26)24(28)27(16-9-17-29-3)19-21-10-8-15-25-12-5-4-11-22(21)25/h6-7,13-14,20-23H,4-5,8-12,15-19H2,1-3H3/t21-,22+,23+/m0/s1. The number of aromatic nitrogens is 1. The minimum atomic E-state index is -0.0985. The van der Waals surface area contributed by atoms with Crippen molar-refractivity contribution < 1.29 is 9.53 Å². The first kappa shape index (κ1) is 22.4. The molecular formula is C24H41N3O2. The van der Waals surface area contributed by atoms with Gasteiger partial charge in [-0.15, -0.1) is 0 Å². The van der Waals surface area contributed by atoms with Crippen molar-refractivity contribution in [2.45, 2.75) is 70.9 Å². The van der Waals surface area contributed by atoms with Crippen LogP contribution in [-0.4, -0.2) is 66.2 Å². The summed E-state index contributed by atoms with van der Waals surface area (Å²) >= 11 is 0. The highest BCUT2D eigenvalue weighted by molar-refractivity contribution is 5.80. The maximum absolute atomic E-state index is 13.8. The fraction of sp³-hybridized carbons (Fsp3) is 0.792. The molecule has 0 spiro atoms.